The van der Waals surface area contributed by atoms with Gasteiger partial charge in [0.1, 0.15) is 11.8 Å². The zero-order chi connectivity index (χ0) is 19.4. The summed E-state index contributed by atoms with van der Waals surface area (Å²) in [5, 5.41) is 1.05. The first-order valence-electron chi connectivity index (χ1n) is 8.99. The Labute approximate surface area is 152 Å². The lowest BCUT2D eigenvalue weighted by atomic mass is 9.94. The van der Waals surface area contributed by atoms with E-state index in [1.807, 2.05) is 31.2 Å². The van der Waals surface area contributed by atoms with E-state index in [1.165, 1.54) is 0 Å². The van der Waals surface area contributed by atoms with Crippen LogP contribution in [0.4, 0.5) is 13.2 Å². The molecular weight excluding hydrogens is 345 g/mol. The van der Waals surface area contributed by atoms with E-state index in [-0.39, 0.29) is 18.9 Å². The Morgan fingerprint density at radius 2 is 2.04 bits per heavy atom. The maximum absolute atomic E-state index is 13.4. The number of hydrogen-bond donors (Lipinski definition) is 1. The van der Waals surface area contributed by atoms with Crippen LogP contribution in [0.5, 0.6) is 5.75 Å². The fourth-order valence-electron chi connectivity index (χ4n) is 3.13. The Morgan fingerprint density at radius 3 is 2.62 bits per heavy atom. The lowest BCUT2D eigenvalue weighted by molar-refractivity contribution is -0.190. The third-order valence-corrected chi connectivity index (χ3v) is 4.58. The number of alkyl halides is 3. The average Bonchev–Trinajstić information content (AvgIpc) is 2.79. The summed E-state index contributed by atoms with van der Waals surface area (Å²) in [6.07, 6.45) is -2.64. The van der Waals surface area contributed by atoms with Gasteiger partial charge in [0.05, 0.1) is 12.0 Å². The number of rotatable bonds is 8. The van der Waals surface area contributed by atoms with E-state index in [9.17, 15) is 18.0 Å². The molecule has 1 aliphatic rings. The van der Waals surface area contributed by atoms with Crippen LogP contribution in [0.2, 0.25) is 0 Å². The van der Waals surface area contributed by atoms with Crippen LogP contribution in [0, 0.1) is 5.41 Å². The molecule has 1 N–H and O–H groups in total. The summed E-state index contributed by atoms with van der Waals surface area (Å²) >= 11 is 0. The molecule has 26 heavy (non-hydrogen) atoms. The number of unbranched alkanes of at least 4 members (excludes halogenated alkanes) is 1. The molecule has 1 saturated heterocycles. The van der Waals surface area contributed by atoms with Gasteiger partial charge in [-0.2, -0.15) is 13.2 Å². The van der Waals surface area contributed by atoms with Gasteiger partial charge in [0, 0.05) is 6.54 Å². The number of halogens is 3. The molecule has 1 heterocycles. The van der Waals surface area contributed by atoms with Crippen molar-refractivity contribution in [3.05, 3.63) is 29.8 Å². The van der Waals surface area contributed by atoms with E-state index in [0.717, 1.165) is 16.3 Å². The first-order valence-corrected chi connectivity index (χ1v) is 8.99. The van der Waals surface area contributed by atoms with Crippen LogP contribution in [0.3, 0.4) is 0 Å². The third kappa shape index (κ3) is 5.37. The van der Waals surface area contributed by atoms with Gasteiger partial charge in [-0.3, -0.25) is 10.2 Å². The highest BCUT2D eigenvalue weighted by Gasteiger charge is 2.49. The number of benzene rings is 1. The molecule has 0 unspecified atom stereocenters. The van der Waals surface area contributed by atoms with Gasteiger partial charge >= 0.3 is 6.18 Å². The fourth-order valence-corrected chi connectivity index (χ4v) is 3.13. The molecule has 1 amide bonds. The van der Waals surface area contributed by atoms with E-state index < -0.39 is 17.6 Å². The second-order valence-corrected chi connectivity index (χ2v) is 7.34. The minimum Gasteiger partial charge on any atom is -0.494 e. The van der Waals surface area contributed by atoms with E-state index in [0.29, 0.717) is 25.9 Å². The molecule has 4 nitrogen and oxygen atoms in total. The van der Waals surface area contributed by atoms with Gasteiger partial charge in [0.15, 0.2) is 0 Å². The van der Waals surface area contributed by atoms with Gasteiger partial charge in [-0.15, -0.1) is 0 Å². The Morgan fingerprint density at radius 1 is 1.31 bits per heavy atom. The Hall–Kier alpha value is -1.76. The number of carbonyl (C=O) groups is 1. The van der Waals surface area contributed by atoms with Crippen molar-refractivity contribution >= 4 is 5.91 Å². The smallest absolute Gasteiger partial charge is 0.405 e. The van der Waals surface area contributed by atoms with Crippen molar-refractivity contribution in [3.63, 3.8) is 0 Å². The van der Waals surface area contributed by atoms with Gasteiger partial charge in [-0.05, 0) is 57.7 Å². The fraction of sp³-hybridized carbons (Fsp3) is 0.632. The maximum atomic E-state index is 13.4. The molecular formula is C19H27F3N2O2. The van der Waals surface area contributed by atoms with Crippen molar-refractivity contribution in [2.24, 2.45) is 5.41 Å². The molecule has 2 rings (SSSR count). The Bertz CT molecular complexity index is 617. The molecule has 146 valence electrons. The SMILES string of the molecule is CCOc1cccc(CCCC[C@H](N2CC(C)(C)C(=O)N2)C(F)(F)F)c1. The number of hydrogen-bond acceptors (Lipinski definition) is 3. The van der Waals surface area contributed by atoms with Crippen molar-refractivity contribution in [1.82, 2.24) is 10.4 Å². The van der Waals surface area contributed by atoms with Crippen molar-refractivity contribution in [3.8, 4) is 5.75 Å². The molecule has 0 saturated carbocycles. The second kappa shape index (κ2) is 8.29. The maximum Gasteiger partial charge on any atom is 0.405 e. The van der Waals surface area contributed by atoms with Gasteiger partial charge in [-0.25, -0.2) is 5.01 Å². The summed E-state index contributed by atoms with van der Waals surface area (Å²) in [6.45, 7) is 5.85. The summed E-state index contributed by atoms with van der Waals surface area (Å²) in [5.74, 6) is 0.416. The number of ether oxygens (including phenoxy) is 1. The van der Waals surface area contributed by atoms with Crippen molar-refractivity contribution in [2.45, 2.75) is 58.7 Å². The summed E-state index contributed by atoms with van der Waals surface area (Å²) in [5.41, 5.74) is 2.64. The quantitative estimate of drug-likeness (QED) is 0.699. The minimum absolute atomic E-state index is 0.0367. The standard InChI is InChI=1S/C19H27F3N2O2/c1-4-26-15-10-7-9-14(12-15)8-5-6-11-16(19(20,21)22)24-13-18(2,3)17(25)23-24/h7,9-10,12,16H,4-6,8,11,13H2,1-3H3,(H,23,25)/t16-/m0/s1. The van der Waals surface area contributed by atoms with E-state index in [2.05, 4.69) is 5.43 Å². The van der Waals surface area contributed by atoms with E-state index in [1.54, 1.807) is 13.8 Å². The molecule has 1 fully saturated rings. The topological polar surface area (TPSA) is 41.6 Å². The highest BCUT2D eigenvalue weighted by atomic mass is 19.4. The number of carbonyl (C=O) groups excluding carboxylic acids is 1. The Balaban J connectivity index is 1.88. The van der Waals surface area contributed by atoms with Crippen LogP contribution in [-0.2, 0) is 11.2 Å². The van der Waals surface area contributed by atoms with Crippen molar-refractivity contribution in [1.29, 1.82) is 0 Å². The number of nitrogens with one attached hydrogen (secondary N) is 1. The highest BCUT2D eigenvalue weighted by Crippen LogP contribution is 2.33. The molecule has 1 aromatic carbocycles. The zero-order valence-corrected chi connectivity index (χ0v) is 15.5. The monoisotopic (exact) mass is 372 g/mol. The van der Waals surface area contributed by atoms with Crippen LogP contribution in [0.25, 0.3) is 0 Å². The zero-order valence-electron chi connectivity index (χ0n) is 15.5. The van der Waals surface area contributed by atoms with Crippen LogP contribution >= 0.6 is 0 Å². The predicted molar refractivity (Wildman–Crippen MR) is 93.6 cm³/mol. The normalized spacial score (nSPS) is 18.6. The predicted octanol–water partition coefficient (Wildman–Crippen LogP) is 4.10. The first-order chi connectivity index (χ1) is 12.1. The van der Waals surface area contributed by atoms with Gasteiger partial charge < -0.3 is 4.74 Å². The summed E-state index contributed by atoms with van der Waals surface area (Å²) < 4.78 is 45.7. The number of nitrogens with zero attached hydrogens (tertiary/aromatic N) is 1. The number of amides is 1. The van der Waals surface area contributed by atoms with Gasteiger partial charge in [0.25, 0.3) is 0 Å². The molecule has 1 aliphatic heterocycles. The molecule has 1 atom stereocenters. The van der Waals surface area contributed by atoms with Gasteiger partial charge in [0.2, 0.25) is 5.91 Å². The lowest BCUT2D eigenvalue weighted by Crippen LogP contribution is -2.49. The highest BCUT2D eigenvalue weighted by molar-refractivity contribution is 5.83. The number of hydrazine groups is 1. The molecule has 0 aliphatic carbocycles. The largest absolute Gasteiger partial charge is 0.494 e. The first kappa shape index (κ1) is 20.6. The molecule has 0 radical (unpaired) electrons. The van der Waals surface area contributed by atoms with Crippen LogP contribution in [0.15, 0.2) is 24.3 Å². The minimum atomic E-state index is -4.37. The van der Waals surface area contributed by atoms with Crippen LogP contribution in [-0.4, -0.2) is 36.3 Å². The summed E-state index contributed by atoms with van der Waals surface area (Å²) in [4.78, 5) is 11.8. The average molecular weight is 372 g/mol. The van der Waals surface area contributed by atoms with Gasteiger partial charge in [-0.1, -0.05) is 18.6 Å². The molecule has 1 aromatic rings. The lowest BCUT2D eigenvalue weighted by Gasteiger charge is -2.29. The molecule has 0 spiro atoms. The molecule has 0 aromatic heterocycles. The van der Waals surface area contributed by atoms with E-state index in [4.69, 9.17) is 4.74 Å². The third-order valence-electron chi connectivity index (χ3n) is 4.58. The molecule has 7 heteroatoms. The van der Waals surface area contributed by atoms with Crippen LogP contribution in [0.1, 0.15) is 45.6 Å². The summed E-state index contributed by atoms with van der Waals surface area (Å²) in [7, 11) is 0. The molecule has 0 bridgehead atoms. The Kier molecular flexibility index (Phi) is 6.55. The summed E-state index contributed by atoms with van der Waals surface area (Å²) in [6, 6.07) is 5.98. The van der Waals surface area contributed by atoms with Crippen molar-refractivity contribution < 1.29 is 22.7 Å². The van der Waals surface area contributed by atoms with Crippen LogP contribution < -0.4 is 10.2 Å². The van der Waals surface area contributed by atoms with E-state index >= 15 is 0 Å². The second-order valence-electron chi connectivity index (χ2n) is 7.34. The number of aryl methyl sites for hydroxylation is 1. The van der Waals surface area contributed by atoms with Crippen molar-refractivity contribution in [2.75, 3.05) is 13.2 Å².